The predicted molar refractivity (Wildman–Crippen MR) is 90.7 cm³/mol. The molecule has 5 heteroatoms. The second kappa shape index (κ2) is 5.33. The van der Waals surface area contributed by atoms with E-state index in [2.05, 4.69) is 40.6 Å². The zero-order chi connectivity index (χ0) is 14.4. The van der Waals surface area contributed by atoms with Gasteiger partial charge >= 0.3 is 0 Å². The topological polar surface area (TPSA) is 27.8 Å². The van der Waals surface area contributed by atoms with Crippen LogP contribution in [0.1, 0.15) is 16.8 Å². The number of benzene rings is 1. The number of hydrogen-bond acceptors (Lipinski definition) is 2. The summed E-state index contributed by atoms with van der Waals surface area (Å²) < 4.78 is 1.78. The molecule has 21 heavy (non-hydrogen) atoms. The van der Waals surface area contributed by atoms with Gasteiger partial charge in [-0.15, -0.1) is 11.3 Å². The summed E-state index contributed by atoms with van der Waals surface area (Å²) in [7, 11) is 0. The van der Waals surface area contributed by atoms with Crippen LogP contribution in [-0.4, -0.2) is 11.0 Å². The summed E-state index contributed by atoms with van der Waals surface area (Å²) in [5.41, 5.74) is 5.05. The van der Waals surface area contributed by atoms with Crippen molar-refractivity contribution in [3.63, 3.8) is 0 Å². The van der Waals surface area contributed by atoms with E-state index in [1.807, 2.05) is 0 Å². The third-order valence-corrected chi connectivity index (χ3v) is 5.99. The van der Waals surface area contributed by atoms with E-state index < -0.39 is 0 Å². The van der Waals surface area contributed by atoms with Crippen molar-refractivity contribution in [1.29, 1.82) is 0 Å². The molecule has 1 aliphatic carbocycles. The number of H-pyrrole nitrogens is 1. The third-order valence-electron chi connectivity index (χ3n) is 4.06. The number of fused-ring (bicyclic) bond motifs is 2. The Kier molecular flexibility index (Phi) is 3.46. The fourth-order valence-corrected chi connectivity index (χ4v) is 4.53. The Morgan fingerprint density at radius 1 is 1.19 bits per heavy atom. The lowest BCUT2D eigenvalue weighted by atomic mass is 10.1. The van der Waals surface area contributed by atoms with E-state index in [-0.39, 0.29) is 0 Å². The molecule has 108 valence electrons. The first-order valence-corrected chi connectivity index (χ1v) is 8.53. The van der Waals surface area contributed by atoms with Crippen molar-refractivity contribution >= 4 is 44.8 Å². The second-order valence-corrected chi connectivity index (χ2v) is 7.51. The summed E-state index contributed by atoms with van der Waals surface area (Å²) in [6.07, 6.45) is 2.22. The molecule has 3 aromatic rings. The van der Waals surface area contributed by atoms with Crippen molar-refractivity contribution in [1.82, 2.24) is 10.3 Å². The number of aromatic amines is 1. The molecule has 2 N–H and O–H groups in total. The van der Waals surface area contributed by atoms with Crippen LogP contribution in [-0.2, 0) is 19.4 Å². The first-order valence-electron chi connectivity index (χ1n) is 6.96. The third kappa shape index (κ3) is 2.49. The summed E-state index contributed by atoms with van der Waals surface area (Å²) in [4.78, 5) is 3.36. The van der Waals surface area contributed by atoms with Crippen LogP contribution in [0.5, 0.6) is 0 Å². The Morgan fingerprint density at radius 2 is 1.90 bits per heavy atom. The van der Waals surface area contributed by atoms with Crippen LogP contribution in [0.3, 0.4) is 0 Å². The second-order valence-electron chi connectivity index (χ2n) is 5.48. The highest BCUT2D eigenvalue weighted by Crippen LogP contribution is 2.38. The van der Waals surface area contributed by atoms with Gasteiger partial charge in [0.05, 0.1) is 15.2 Å². The lowest BCUT2D eigenvalue weighted by Crippen LogP contribution is -2.29. The van der Waals surface area contributed by atoms with E-state index in [4.69, 9.17) is 23.2 Å². The maximum absolute atomic E-state index is 6.17. The van der Waals surface area contributed by atoms with Gasteiger partial charge in [0.1, 0.15) is 4.34 Å². The molecule has 0 fully saturated rings. The molecule has 1 aliphatic rings. The smallest absolute Gasteiger partial charge is 0.114 e. The van der Waals surface area contributed by atoms with Gasteiger partial charge in [-0.3, -0.25) is 0 Å². The highest BCUT2D eigenvalue weighted by molar-refractivity contribution is 7.23. The molecular weight excluding hydrogens is 323 g/mol. The van der Waals surface area contributed by atoms with Crippen molar-refractivity contribution in [2.75, 3.05) is 0 Å². The zero-order valence-corrected chi connectivity index (χ0v) is 13.6. The van der Waals surface area contributed by atoms with E-state index in [1.165, 1.54) is 22.5 Å². The van der Waals surface area contributed by atoms with Gasteiger partial charge in [0.25, 0.3) is 0 Å². The van der Waals surface area contributed by atoms with E-state index in [0.717, 1.165) is 35.3 Å². The van der Waals surface area contributed by atoms with Crippen molar-refractivity contribution in [2.45, 2.75) is 25.4 Å². The normalized spacial score (nSPS) is 15.0. The van der Waals surface area contributed by atoms with Crippen molar-refractivity contribution < 1.29 is 0 Å². The Bertz CT molecular complexity index is 781. The molecule has 0 spiro atoms. The molecular formula is C16H14Cl2N2S. The van der Waals surface area contributed by atoms with Crippen molar-refractivity contribution in [3.05, 3.63) is 56.5 Å². The summed E-state index contributed by atoms with van der Waals surface area (Å²) >= 11 is 13.7. The van der Waals surface area contributed by atoms with Crippen LogP contribution in [0.15, 0.2) is 30.3 Å². The summed E-state index contributed by atoms with van der Waals surface area (Å²) in [6, 6.07) is 11.3. The van der Waals surface area contributed by atoms with Gasteiger partial charge in [0, 0.05) is 18.3 Å². The van der Waals surface area contributed by atoms with Crippen LogP contribution < -0.4 is 5.32 Å². The Hall–Kier alpha value is -1.00. The summed E-state index contributed by atoms with van der Waals surface area (Å²) in [5, 5.41) is 4.26. The summed E-state index contributed by atoms with van der Waals surface area (Å²) in [6.45, 7) is 0.827. The van der Waals surface area contributed by atoms with Gasteiger partial charge in [-0.05, 0) is 30.0 Å². The molecule has 0 atom stereocenters. The molecule has 0 aliphatic heterocycles. The molecule has 4 rings (SSSR count). The number of nitrogens with one attached hydrogen (secondary N) is 2. The molecule has 0 radical (unpaired) electrons. The average molecular weight is 337 g/mol. The van der Waals surface area contributed by atoms with Gasteiger partial charge in [0.2, 0.25) is 0 Å². The Labute approximate surface area is 137 Å². The van der Waals surface area contributed by atoms with Gasteiger partial charge in [-0.2, -0.15) is 0 Å². The molecule has 0 amide bonds. The van der Waals surface area contributed by atoms with E-state index in [1.54, 1.807) is 0 Å². The fraction of sp³-hybridized carbons (Fsp3) is 0.250. The molecule has 2 heterocycles. The van der Waals surface area contributed by atoms with Crippen LogP contribution >= 0.6 is 34.5 Å². The molecule has 2 aromatic heterocycles. The number of thiophene rings is 1. The standard InChI is InChI=1S/C16H14Cl2N2S/c17-14-15-13(21-16(14)18)7-12(20-15)8-19-11-5-9-3-1-2-4-10(9)6-11/h1-4,7,11,19-20H,5-6,8H2. The summed E-state index contributed by atoms with van der Waals surface area (Å²) in [5.74, 6) is 0. The molecule has 1 aromatic carbocycles. The fourth-order valence-electron chi connectivity index (χ4n) is 3.02. The minimum absolute atomic E-state index is 0.516. The van der Waals surface area contributed by atoms with Gasteiger partial charge < -0.3 is 10.3 Å². The van der Waals surface area contributed by atoms with E-state index >= 15 is 0 Å². The molecule has 0 unspecified atom stereocenters. The van der Waals surface area contributed by atoms with Crippen LogP contribution in [0.2, 0.25) is 9.36 Å². The lowest BCUT2D eigenvalue weighted by Gasteiger charge is -2.10. The van der Waals surface area contributed by atoms with Crippen molar-refractivity contribution in [2.24, 2.45) is 0 Å². The Morgan fingerprint density at radius 3 is 2.57 bits per heavy atom. The largest absolute Gasteiger partial charge is 0.355 e. The minimum Gasteiger partial charge on any atom is -0.355 e. The zero-order valence-electron chi connectivity index (χ0n) is 11.2. The molecule has 0 bridgehead atoms. The monoisotopic (exact) mass is 336 g/mol. The number of hydrogen-bond donors (Lipinski definition) is 2. The van der Waals surface area contributed by atoms with E-state index in [0.29, 0.717) is 15.4 Å². The molecule has 0 saturated carbocycles. The lowest BCUT2D eigenvalue weighted by molar-refractivity contribution is 0.529. The molecule has 0 saturated heterocycles. The maximum Gasteiger partial charge on any atom is 0.114 e. The highest BCUT2D eigenvalue weighted by atomic mass is 35.5. The Balaban J connectivity index is 1.45. The van der Waals surface area contributed by atoms with Crippen molar-refractivity contribution in [3.8, 4) is 0 Å². The number of aromatic nitrogens is 1. The first-order chi connectivity index (χ1) is 10.2. The number of halogens is 2. The average Bonchev–Trinajstić information content (AvgIpc) is 3.12. The highest BCUT2D eigenvalue weighted by Gasteiger charge is 2.20. The number of rotatable bonds is 3. The predicted octanol–water partition coefficient (Wildman–Crippen LogP) is 4.79. The first kappa shape index (κ1) is 13.6. The van der Waals surface area contributed by atoms with E-state index in [9.17, 15) is 0 Å². The van der Waals surface area contributed by atoms with Gasteiger partial charge in [-0.25, -0.2) is 0 Å². The maximum atomic E-state index is 6.17. The van der Waals surface area contributed by atoms with Crippen LogP contribution in [0.25, 0.3) is 10.2 Å². The van der Waals surface area contributed by atoms with Crippen LogP contribution in [0, 0.1) is 0 Å². The van der Waals surface area contributed by atoms with Crippen LogP contribution in [0.4, 0.5) is 0 Å². The van der Waals surface area contributed by atoms with Gasteiger partial charge in [-0.1, -0.05) is 47.5 Å². The van der Waals surface area contributed by atoms with Gasteiger partial charge in [0.15, 0.2) is 0 Å². The molecule has 2 nitrogen and oxygen atoms in total. The minimum atomic E-state index is 0.516. The SMILES string of the molecule is Clc1sc2cc(CNC3Cc4ccccc4C3)[nH]c2c1Cl. The quantitative estimate of drug-likeness (QED) is 0.706.